The van der Waals surface area contributed by atoms with E-state index >= 15 is 0 Å². The zero-order chi connectivity index (χ0) is 12.4. The molecule has 0 rings (SSSR count). The molecule has 3 heteroatoms. The number of unbranched alkanes of at least 4 members (excludes halogenated alkanes) is 2. The average molecular weight is 226 g/mol. The zero-order valence-corrected chi connectivity index (χ0v) is 10.8. The monoisotopic (exact) mass is 226 g/mol. The molecule has 0 bridgehead atoms. The Bertz CT molecular complexity index is 253. The smallest absolute Gasteiger partial charge is 0.433 e. The van der Waals surface area contributed by atoms with Crippen LogP contribution in [0.3, 0.4) is 0 Å². The Morgan fingerprint density at radius 2 is 1.81 bits per heavy atom. The molecule has 92 valence electrons. The van der Waals surface area contributed by atoms with Gasteiger partial charge in [-0.05, 0) is 27.2 Å². The van der Waals surface area contributed by atoms with Crippen LogP contribution in [0.2, 0.25) is 0 Å². The van der Waals surface area contributed by atoms with Gasteiger partial charge in [0, 0.05) is 12.8 Å². The van der Waals surface area contributed by atoms with Gasteiger partial charge in [-0.15, -0.1) is 5.92 Å². The van der Waals surface area contributed by atoms with Crippen molar-refractivity contribution in [1.82, 2.24) is 0 Å². The van der Waals surface area contributed by atoms with Crippen LogP contribution < -0.4 is 0 Å². The molecule has 0 fully saturated rings. The van der Waals surface area contributed by atoms with E-state index in [4.69, 9.17) is 9.47 Å². The standard InChI is InChI=1S/C13H22O3/c1-5-6-7-8-9-10-11-15-12(14)16-13(2,3)4/h5-7,10-11H2,1-4H3. The summed E-state index contributed by atoms with van der Waals surface area (Å²) in [4.78, 5) is 11.1. The zero-order valence-electron chi connectivity index (χ0n) is 10.8. The topological polar surface area (TPSA) is 35.5 Å². The highest BCUT2D eigenvalue weighted by Crippen LogP contribution is 2.07. The van der Waals surface area contributed by atoms with E-state index in [0.717, 1.165) is 19.3 Å². The van der Waals surface area contributed by atoms with Gasteiger partial charge in [0.1, 0.15) is 12.2 Å². The van der Waals surface area contributed by atoms with Gasteiger partial charge in [-0.3, -0.25) is 0 Å². The third-order valence-corrected chi connectivity index (χ3v) is 1.62. The van der Waals surface area contributed by atoms with E-state index in [1.807, 2.05) is 0 Å². The normalized spacial score (nSPS) is 10.2. The molecule has 0 aromatic rings. The summed E-state index contributed by atoms with van der Waals surface area (Å²) >= 11 is 0. The molecule has 0 heterocycles. The van der Waals surface area contributed by atoms with Gasteiger partial charge in [0.15, 0.2) is 0 Å². The summed E-state index contributed by atoms with van der Waals surface area (Å²) in [7, 11) is 0. The van der Waals surface area contributed by atoms with Crippen molar-refractivity contribution in [3.63, 3.8) is 0 Å². The molecular weight excluding hydrogens is 204 g/mol. The fraction of sp³-hybridized carbons (Fsp3) is 0.769. The van der Waals surface area contributed by atoms with Crippen molar-refractivity contribution < 1.29 is 14.3 Å². The summed E-state index contributed by atoms with van der Waals surface area (Å²) in [6.45, 7) is 7.85. The lowest BCUT2D eigenvalue weighted by Crippen LogP contribution is -2.24. The van der Waals surface area contributed by atoms with Gasteiger partial charge in [-0.2, -0.15) is 0 Å². The molecule has 0 aliphatic carbocycles. The molecule has 0 unspecified atom stereocenters. The Morgan fingerprint density at radius 1 is 1.19 bits per heavy atom. The first kappa shape index (κ1) is 14.8. The summed E-state index contributed by atoms with van der Waals surface area (Å²) in [5.74, 6) is 5.98. The first-order valence-corrected chi connectivity index (χ1v) is 5.77. The number of rotatable bonds is 4. The molecule has 0 atom stereocenters. The number of carbonyl (C=O) groups excluding carboxylic acids is 1. The van der Waals surface area contributed by atoms with Crippen molar-refractivity contribution in [1.29, 1.82) is 0 Å². The number of hydrogen-bond donors (Lipinski definition) is 0. The van der Waals surface area contributed by atoms with E-state index in [0.29, 0.717) is 13.0 Å². The van der Waals surface area contributed by atoms with E-state index in [1.54, 1.807) is 20.8 Å². The van der Waals surface area contributed by atoms with E-state index in [9.17, 15) is 4.79 Å². The summed E-state index contributed by atoms with van der Waals surface area (Å²) < 4.78 is 9.83. The lowest BCUT2D eigenvalue weighted by atomic mass is 10.2. The van der Waals surface area contributed by atoms with E-state index < -0.39 is 11.8 Å². The Kier molecular flexibility index (Phi) is 7.45. The number of carbonyl (C=O) groups is 1. The molecule has 0 aromatic heterocycles. The number of ether oxygens (including phenoxy) is 2. The lowest BCUT2D eigenvalue weighted by Gasteiger charge is -2.18. The van der Waals surface area contributed by atoms with Gasteiger partial charge in [-0.1, -0.05) is 19.3 Å². The summed E-state index contributed by atoms with van der Waals surface area (Å²) in [6, 6.07) is 0. The highest BCUT2D eigenvalue weighted by atomic mass is 16.7. The maximum Gasteiger partial charge on any atom is 0.508 e. The molecule has 0 amide bonds. The highest BCUT2D eigenvalue weighted by Gasteiger charge is 2.16. The third kappa shape index (κ3) is 10.9. The second-order valence-corrected chi connectivity index (χ2v) is 4.52. The van der Waals surface area contributed by atoms with Crippen molar-refractivity contribution in [2.45, 2.75) is 59.0 Å². The fourth-order valence-electron chi connectivity index (χ4n) is 0.907. The van der Waals surface area contributed by atoms with Crippen LogP contribution in [0.4, 0.5) is 4.79 Å². The van der Waals surface area contributed by atoms with Crippen LogP contribution in [0.15, 0.2) is 0 Å². The molecule has 0 radical (unpaired) electrons. The summed E-state index contributed by atoms with van der Waals surface area (Å²) in [5.41, 5.74) is -0.496. The second kappa shape index (κ2) is 8.04. The maximum atomic E-state index is 11.1. The van der Waals surface area contributed by atoms with Gasteiger partial charge < -0.3 is 9.47 Å². The molecule has 3 nitrogen and oxygen atoms in total. The Hall–Kier alpha value is -1.17. The predicted octanol–water partition coefficient (Wildman–Crippen LogP) is 3.52. The highest BCUT2D eigenvalue weighted by molar-refractivity contribution is 5.60. The van der Waals surface area contributed by atoms with E-state index in [2.05, 4.69) is 18.8 Å². The summed E-state index contributed by atoms with van der Waals surface area (Å²) in [5, 5.41) is 0. The van der Waals surface area contributed by atoms with Crippen LogP contribution in [-0.2, 0) is 9.47 Å². The van der Waals surface area contributed by atoms with Crippen molar-refractivity contribution in [2.24, 2.45) is 0 Å². The molecule has 0 aliphatic heterocycles. The lowest BCUT2D eigenvalue weighted by molar-refractivity contribution is -0.00619. The van der Waals surface area contributed by atoms with Crippen molar-refractivity contribution >= 4 is 6.16 Å². The van der Waals surface area contributed by atoms with Gasteiger partial charge in [0.25, 0.3) is 0 Å². The van der Waals surface area contributed by atoms with Gasteiger partial charge >= 0.3 is 6.16 Å². The van der Waals surface area contributed by atoms with Gasteiger partial charge in [0.05, 0.1) is 0 Å². The molecule has 0 aromatic carbocycles. The fourth-order valence-corrected chi connectivity index (χ4v) is 0.907. The molecule has 0 saturated carbocycles. The summed E-state index contributed by atoms with van der Waals surface area (Å²) in [6.07, 6.45) is 3.15. The molecule has 0 spiro atoms. The molecule has 16 heavy (non-hydrogen) atoms. The predicted molar refractivity (Wildman–Crippen MR) is 64.1 cm³/mol. The first-order valence-electron chi connectivity index (χ1n) is 5.77. The third-order valence-electron chi connectivity index (χ3n) is 1.62. The minimum atomic E-state index is -0.622. The van der Waals surface area contributed by atoms with Crippen LogP contribution in [0, 0.1) is 11.8 Å². The Balaban J connectivity index is 3.50. The molecule has 0 saturated heterocycles. The van der Waals surface area contributed by atoms with Gasteiger partial charge in [0.2, 0.25) is 0 Å². The largest absolute Gasteiger partial charge is 0.508 e. The molecular formula is C13H22O3. The Morgan fingerprint density at radius 3 is 2.38 bits per heavy atom. The minimum Gasteiger partial charge on any atom is -0.433 e. The van der Waals surface area contributed by atoms with E-state index in [1.165, 1.54) is 0 Å². The minimum absolute atomic E-state index is 0.300. The van der Waals surface area contributed by atoms with Crippen molar-refractivity contribution in [2.75, 3.05) is 6.61 Å². The number of hydrogen-bond acceptors (Lipinski definition) is 3. The maximum absolute atomic E-state index is 11.1. The van der Waals surface area contributed by atoms with Crippen LogP contribution in [0.1, 0.15) is 53.4 Å². The molecule has 0 aliphatic rings. The second-order valence-electron chi connectivity index (χ2n) is 4.52. The van der Waals surface area contributed by atoms with Gasteiger partial charge in [-0.25, -0.2) is 4.79 Å². The molecule has 0 N–H and O–H groups in total. The first-order chi connectivity index (χ1) is 7.45. The van der Waals surface area contributed by atoms with Crippen LogP contribution >= 0.6 is 0 Å². The van der Waals surface area contributed by atoms with Crippen molar-refractivity contribution in [3.05, 3.63) is 0 Å². The van der Waals surface area contributed by atoms with Crippen molar-refractivity contribution in [3.8, 4) is 11.8 Å². The average Bonchev–Trinajstić information content (AvgIpc) is 2.13. The van der Waals surface area contributed by atoms with Crippen LogP contribution in [0.5, 0.6) is 0 Å². The van der Waals surface area contributed by atoms with E-state index in [-0.39, 0.29) is 0 Å². The van der Waals surface area contributed by atoms with Crippen LogP contribution in [-0.4, -0.2) is 18.4 Å². The Labute approximate surface area is 98.5 Å². The quantitative estimate of drug-likeness (QED) is 0.418. The van der Waals surface area contributed by atoms with Crippen LogP contribution in [0.25, 0.3) is 0 Å². The SMILES string of the molecule is CCCCC#CCCOC(=O)OC(C)(C)C.